The fourth-order valence-electron chi connectivity index (χ4n) is 3.30. The number of likely N-dealkylation sites (N-methyl/N-ethyl adjacent to an activating group) is 1. The van der Waals surface area contributed by atoms with Gasteiger partial charge in [0, 0.05) is 26.4 Å². The quantitative estimate of drug-likeness (QED) is 0.696. The second-order valence-electron chi connectivity index (χ2n) is 6.66. The molecule has 1 heterocycles. The first-order valence-electron chi connectivity index (χ1n) is 8.84. The number of nitrogens with one attached hydrogen (secondary N) is 1. The molecule has 1 aromatic rings. The summed E-state index contributed by atoms with van der Waals surface area (Å²) in [6, 6.07) is 5.66. The molecule has 0 bridgehead atoms. The van der Waals surface area contributed by atoms with Crippen LogP contribution in [0.1, 0.15) is 18.4 Å². The van der Waals surface area contributed by atoms with E-state index in [1.54, 1.807) is 26.2 Å². The Balaban J connectivity index is 1.85. The van der Waals surface area contributed by atoms with Crippen LogP contribution in [0.5, 0.6) is 11.5 Å². The Kier molecular flexibility index (Phi) is 7.26. The van der Waals surface area contributed by atoms with Gasteiger partial charge in [0.05, 0.1) is 40.3 Å². The van der Waals surface area contributed by atoms with Crippen molar-refractivity contribution in [2.24, 2.45) is 5.92 Å². The van der Waals surface area contributed by atoms with E-state index in [2.05, 4.69) is 0 Å². The number of carbonyl (C=O) groups is 2. The lowest BCUT2D eigenvalue weighted by molar-refractivity contribution is -0.898. The van der Waals surface area contributed by atoms with E-state index in [4.69, 9.17) is 14.2 Å². The average Bonchev–Trinajstić information content (AvgIpc) is 2.67. The van der Waals surface area contributed by atoms with Crippen molar-refractivity contribution in [1.82, 2.24) is 4.90 Å². The SMILES string of the molecule is COC(=O)C1CC[NH+](CC(=O)N(C)Cc2ccc(OC)c(OC)c2)CC1. The predicted octanol–water partition coefficient (Wildman–Crippen LogP) is 0.130. The van der Waals surface area contributed by atoms with Gasteiger partial charge in [-0.3, -0.25) is 9.59 Å². The number of benzene rings is 1. The van der Waals surface area contributed by atoms with Crippen molar-refractivity contribution in [3.8, 4) is 11.5 Å². The van der Waals surface area contributed by atoms with Crippen molar-refractivity contribution in [2.75, 3.05) is 48.0 Å². The molecule has 7 nitrogen and oxygen atoms in total. The summed E-state index contributed by atoms with van der Waals surface area (Å²) < 4.78 is 15.3. The van der Waals surface area contributed by atoms with Gasteiger partial charge in [0.2, 0.25) is 0 Å². The van der Waals surface area contributed by atoms with Crippen LogP contribution in [-0.2, 0) is 20.9 Å². The van der Waals surface area contributed by atoms with Gasteiger partial charge < -0.3 is 24.0 Å². The molecule has 2 rings (SSSR count). The number of likely N-dealkylation sites (tertiary alicyclic amines) is 1. The van der Waals surface area contributed by atoms with Crippen LogP contribution in [-0.4, -0.2) is 64.8 Å². The van der Waals surface area contributed by atoms with Gasteiger partial charge in [0.25, 0.3) is 5.91 Å². The summed E-state index contributed by atoms with van der Waals surface area (Å²) in [5, 5.41) is 0. The number of nitrogens with zero attached hydrogens (tertiary/aromatic N) is 1. The maximum Gasteiger partial charge on any atom is 0.309 e. The van der Waals surface area contributed by atoms with Crippen LogP contribution in [0.3, 0.4) is 0 Å². The molecule has 1 aliphatic heterocycles. The molecule has 1 aromatic carbocycles. The molecule has 1 saturated heterocycles. The summed E-state index contributed by atoms with van der Waals surface area (Å²) in [5.41, 5.74) is 0.984. The fourth-order valence-corrected chi connectivity index (χ4v) is 3.30. The van der Waals surface area contributed by atoms with Gasteiger partial charge in [0.1, 0.15) is 0 Å². The molecule has 26 heavy (non-hydrogen) atoms. The maximum atomic E-state index is 12.5. The Morgan fingerprint density at radius 2 is 1.77 bits per heavy atom. The van der Waals surface area contributed by atoms with Gasteiger partial charge in [-0.1, -0.05) is 6.07 Å². The highest BCUT2D eigenvalue weighted by Crippen LogP contribution is 2.27. The molecule has 0 aromatic heterocycles. The predicted molar refractivity (Wildman–Crippen MR) is 96.3 cm³/mol. The van der Waals surface area contributed by atoms with Gasteiger partial charge in [-0.2, -0.15) is 0 Å². The second kappa shape index (κ2) is 9.43. The third kappa shape index (κ3) is 5.11. The molecular formula is C19H29N2O5+. The molecule has 0 spiro atoms. The third-order valence-electron chi connectivity index (χ3n) is 4.92. The zero-order valence-electron chi connectivity index (χ0n) is 16.0. The molecule has 0 unspecified atom stereocenters. The molecule has 0 aliphatic carbocycles. The van der Waals surface area contributed by atoms with Gasteiger partial charge in [-0.05, 0) is 17.7 Å². The van der Waals surface area contributed by atoms with Gasteiger partial charge in [-0.15, -0.1) is 0 Å². The number of quaternary nitrogens is 1. The van der Waals surface area contributed by atoms with Crippen LogP contribution < -0.4 is 14.4 Å². The molecular weight excluding hydrogens is 336 g/mol. The van der Waals surface area contributed by atoms with Crippen LogP contribution in [0, 0.1) is 5.92 Å². The van der Waals surface area contributed by atoms with Crippen LogP contribution in [0.4, 0.5) is 0 Å². The summed E-state index contributed by atoms with van der Waals surface area (Å²) in [6.07, 6.45) is 1.54. The van der Waals surface area contributed by atoms with Crippen LogP contribution in [0.25, 0.3) is 0 Å². The van der Waals surface area contributed by atoms with Crippen molar-refractivity contribution >= 4 is 11.9 Å². The van der Waals surface area contributed by atoms with E-state index in [-0.39, 0.29) is 17.8 Å². The van der Waals surface area contributed by atoms with Crippen molar-refractivity contribution < 1.29 is 28.7 Å². The number of ether oxygens (including phenoxy) is 3. The van der Waals surface area contributed by atoms with Crippen LogP contribution in [0.2, 0.25) is 0 Å². The minimum atomic E-state index is -0.138. The lowest BCUT2D eigenvalue weighted by atomic mass is 9.97. The monoisotopic (exact) mass is 365 g/mol. The number of carbonyl (C=O) groups excluding carboxylic acids is 2. The van der Waals surface area contributed by atoms with Crippen molar-refractivity contribution in [3.63, 3.8) is 0 Å². The lowest BCUT2D eigenvalue weighted by Crippen LogP contribution is -3.14. The summed E-state index contributed by atoms with van der Waals surface area (Å²) in [7, 11) is 6.42. The van der Waals surface area contributed by atoms with E-state index >= 15 is 0 Å². The van der Waals surface area contributed by atoms with Crippen molar-refractivity contribution in [3.05, 3.63) is 23.8 Å². The van der Waals surface area contributed by atoms with E-state index in [0.717, 1.165) is 31.5 Å². The van der Waals surface area contributed by atoms with E-state index < -0.39 is 0 Å². The van der Waals surface area contributed by atoms with Gasteiger partial charge in [0.15, 0.2) is 18.0 Å². The van der Waals surface area contributed by atoms with Gasteiger partial charge >= 0.3 is 5.97 Å². The number of piperidine rings is 1. The molecule has 0 radical (unpaired) electrons. The van der Waals surface area contributed by atoms with Gasteiger partial charge in [-0.25, -0.2) is 0 Å². The Hall–Kier alpha value is -2.28. The molecule has 1 N–H and O–H groups in total. The van der Waals surface area contributed by atoms with Crippen molar-refractivity contribution in [1.29, 1.82) is 0 Å². The van der Waals surface area contributed by atoms with E-state index in [1.807, 2.05) is 18.2 Å². The Bertz CT molecular complexity index is 626. The molecule has 0 saturated carbocycles. The zero-order chi connectivity index (χ0) is 19.1. The second-order valence-corrected chi connectivity index (χ2v) is 6.66. The largest absolute Gasteiger partial charge is 0.493 e. The van der Waals surface area contributed by atoms with E-state index in [1.165, 1.54) is 12.0 Å². The summed E-state index contributed by atoms with van der Waals surface area (Å²) in [6.45, 7) is 2.58. The number of methoxy groups -OCH3 is 3. The molecule has 1 amide bonds. The zero-order valence-corrected chi connectivity index (χ0v) is 16.0. The highest BCUT2D eigenvalue weighted by atomic mass is 16.5. The first-order chi connectivity index (χ1) is 12.5. The summed E-state index contributed by atoms with van der Waals surface area (Å²) in [5.74, 6) is 1.25. The van der Waals surface area contributed by atoms with Crippen LogP contribution in [0.15, 0.2) is 18.2 Å². The minimum absolute atomic E-state index is 0.0247. The van der Waals surface area contributed by atoms with E-state index in [0.29, 0.717) is 24.6 Å². The number of hydrogen-bond donors (Lipinski definition) is 1. The molecule has 144 valence electrons. The number of hydrogen-bond acceptors (Lipinski definition) is 5. The lowest BCUT2D eigenvalue weighted by Gasteiger charge is -2.28. The average molecular weight is 365 g/mol. The Labute approximate surface area is 154 Å². The molecule has 7 heteroatoms. The molecule has 0 atom stereocenters. The van der Waals surface area contributed by atoms with Crippen LogP contribution >= 0.6 is 0 Å². The van der Waals surface area contributed by atoms with E-state index in [9.17, 15) is 9.59 Å². The number of rotatable bonds is 7. The molecule has 1 fully saturated rings. The topological polar surface area (TPSA) is 69.5 Å². The molecule has 1 aliphatic rings. The number of amides is 1. The standard InChI is InChI=1S/C19H28N2O5/c1-20(12-14-5-6-16(24-2)17(11-14)25-3)18(22)13-21-9-7-15(8-10-21)19(23)26-4/h5-6,11,15H,7-10,12-13H2,1-4H3/p+1. The van der Waals surface area contributed by atoms with Crippen molar-refractivity contribution in [2.45, 2.75) is 19.4 Å². The highest BCUT2D eigenvalue weighted by molar-refractivity contribution is 5.77. The normalized spacial score (nSPS) is 19.5. The Morgan fingerprint density at radius 1 is 1.12 bits per heavy atom. The maximum absolute atomic E-state index is 12.5. The Morgan fingerprint density at radius 3 is 2.35 bits per heavy atom. The minimum Gasteiger partial charge on any atom is -0.493 e. The first-order valence-corrected chi connectivity index (χ1v) is 8.84. The summed E-state index contributed by atoms with van der Waals surface area (Å²) in [4.78, 5) is 27.0. The first kappa shape index (κ1) is 20.0. The summed E-state index contributed by atoms with van der Waals surface area (Å²) >= 11 is 0. The number of esters is 1. The highest BCUT2D eigenvalue weighted by Gasteiger charge is 2.29. The smallest absolute Gasteiger partial charge is 0.309 e. The fraction of sp³-hybridized carbons (Fsp3) is 0.579. The third-order valence-corrected chi connectivity index (χ3v) is 4.92.